The van der Waals surface area contributed by atoms with Crippen LogP contribution in [-0.2, 0) is 6.42 Å². The first-order valence-electron chi connectivity index (χ1n) is 9.10. The summed E-state index contributed by atoms with van der Waals surface area (Å²) in [6.07, 6.45) is 1.86. The van der Waals surface area contributed by atoms with E-state index in [4.69, 9.17) is 0 Å². The number of aryl methyl sites for hydroxylation is 2. The molecule has 5 nitrogen and oxygen atoms in total. The minimum absolute atomic E-state index is 0.000289. The van der Waals surface area contributed by atoms with Crippen molar-refractivity contribution in [3.8, 4) is 0 Å². The number of amides is 1. The number of nitrogens with zero attached hydrogens (tertiary/aromatic N) is 3. The zero-order chi connectivity index (χ0) is 20.5. The number of para-hydroxylation sites is 1. The molecule has 1 aliphatic heterocycles. The molecule has 0 fully saturated rings. The maximum absolute atomic E-state index is 13.9. The molecular weight excluding hydrogens is 381 g/mol. The lowest BCUT2D eigenvalue weighted by molar-refractivity contribution is 0.102. The molecule has 0 spiro atoms. The van der Waals surface area contributed by atoms with Crippen molar-refractivity contribution in [2.45, 2.75) is 19.8 Å². The Labute approximate surface area is 165 Å². The van der Waals surface area contributed by atoms with Crippen molar-refractivity contribution in [1.82, 2.24) is 9.97 Å². The average Bonchev–Trinajstić information content (AvgIpc) is 2.73. The number of nitrogens with one attached hydrogen (secondary N) is 1. The van der Waals surface area contributed by atoms with Crippen LogP contribution in [0.1, 0.15) is 28.2 Å². The number of benzene rings is 2. The quantitative estimate of drug-likeness (QED) is 0.658. The third-order valence-corrected chi connectivity index (χ3v) is 4.71. The molecular formula is C21H17F3N4O. The van der Waals surface area contributed by atoms with Crippen molar-refractivity contribution in [3.63, 3.8) is 0 Å². The molecule has 0 radical (unpaired) electrons. The fourth-order valence-corrected chi connectivity index (χ4v) is 3.34. The Balaban J connectivity index is 1.66. The van der Waals surface area contributed by atoms with E-state index in [1.54, 1.807) is 6.92 Å². The topological polar surface area (TPSA) is 58.1 Å². The smallest absolute Gasteiger partial charge is 0.274 e. The lowest BCUT2D eigenvalue weighted by Crippen LogP contribution is -2.27. The van der Waals surface area contributed by atoms with Crippen LogP contribution in [0.25, 0.3) is 0 Å². The first-order valence-corrected chi connectivity index (χ1v) is 9.10. The van der Waals surface area contributed by atoms with E-state index in [2.05, 4.69) is 15.3 Å². The molecule has 1 aliphatic rings. The molecule has 1 amide bonds. The number of rotatable bonds is 3. The van der Waals surface area contributed by atoms with Crippen LogP contribution in [0.15, 0.2) is 42.5 Å². The van der Waals surface area contributed by atoms with Crippen LogP contribution in [-0.4, -0.2) is 22.4 Å². The maximum atomic E-state index is 13.9. The lowest BCUT2D eigenvalue weighted by Gasteiger charge is -2.29. The summed E-state index contributed by atoms with van der Waals surface area (Å²) in [5, 5.41) is 2.24. The molecule has 29 heavy (non-hydrogen) atoms. The van der Waals surface area contributed by atoms with E-state index < -0.39 is 29.0 Å². The van der Waals surface area contributed by atoms with Gasteiger partial charge >= 0.3 is 0 Å². The summed E-state index contributed by atoms with van der Waals surface area (Å²) >= 11 is 0. The molecule has 0 atom stereocenters. The van der Waals surface area contributed by atoms with Crippen LogP contribution in [0.3, 0.4) is 0 Å². The van der Waals surface area contributed by atoms with E-state index in [0.717, 1.165) is 30.7 Å². The number of halogens is 3. The molecule has 1 aromatic heterocycles. The molecule has 2 aromatic carbocycles. The van der Waals surface area contributed by atoms with Crippen LogP contribution < -0.4 is 10.2 Å². The Kier molecular flexibility index (Phi) is 4.92. The van der Waals surface area contributed by atoms with Gasteiger partial charge in [0, 0.05) is 17.9 Å². The van der Waals surface area contributed by atoms with Crippen molar-refractivity contribution in [2.75, 3.05) is 16.8 Å². The number of carbonyl (C=O) groups is 1. The third-order valence-electron chi connectivity index (χ3n) is 4.71. The molecule has 3 aromatic rings. The summed E-state index contributed by atoms with van der Waals surface area (Å²) in [7, 11) is 0. The zero-order valence-corrected chi connectivity index (χ0v) is 15.5. The number of fused-ring (bicyclic) bond motifs is 1. The van der Waals surface area contributed by atoms with Gasteiger partial charge in [0.2, 0.25) is 5.95 Å². The van der Waals surface area contributed by atoms with Gasteiger partial charge in [-0.05, 0) is 49.6 Å². The second-order valence-electron chi connectivity index (χ2n) is 6.76. The van der Waals surface area contributed by atoms with Gasteiger partial charge in [0.25, 0.3) is 5.91 Å². The van der Waals surface area contributed by atoms with Gasteiger partial charge < -0.3 is 10.2 Å². The average molecular weight is 398 g/mol. The van der Waals surface area contributed by atoms with Crippen LogP contribution in [0.5, 0.6) is 0 Å². The first kappa shape index (κ1) is 18.9. The summed E-state index contributed by atoms with van der Waals surface area (Å²) in [4.78, 5) is 23.3. The van der Waals surface area contributed by atoms with E-state index >= 15 is 0 Å². The Hall–Kier alpha value is -3.42. The number of anilines is 3. The largest absolute Gasteiger partial charge is 0.318 e. The Morgan fingerprint density at radius 3 is 2.69 bits per heavy atom. The number of aromatic nitrogens is 2. The molecule has 0 unspecified atom stereocenters. The Morgan fingerprint density at radius 1 is 1.07 bits per heavy atom. The molecule has 4 rings (SSSR count). The minimum atomic E-state index is -1.65. The van der Waals surface area contributed by atoms with Gasteiger partial charge in [-0.1, -0.05) is 18.2 Å². The summed E-state index contributed by atoms with van der Waals surface area (Å²) in [6.45, 7) is 2.41. The summed E-state index contributed by atoms with van der Waals surface area (Å²) in [5.74, 6) is -4.83. The SMILES string of the molecule is Cc1cc(C(=O)Nc2ccc(F)c(F)c2F)nc(N2CCCc3ccccc32)n1. The second kappa shape index (κ2) is 7.54. The van der Waals surface area contributed by atoms with Gasteiger partial charge in [-0.2, -0.15) is 0 Å². The summed E-state index contributed by atoms with van der Waals surface area (Å²) in [5.41, 5.74) is 2.23. The number of carbonyl (C=O) groups excluding carboxylic acids is 1. The van der Waals surface area contributed by atoms with E-state index in [-0.39, 0.29) is 5.69 Å². The van der Waals surface area contributed by atoms with Crippen molar-refractivity contribution < 1.29 is 18.0 Å². The highest BCUT2D eigenvalue weighted by atomic mass is 19.2. The molecule has 8 heteroatoms. The number of hydrogen-bond donors (Lipinski definition) is 1. The monoisotopic (exact) mass is 398 g/mol. The second-order valence-corrected chi connectivity index (χ2v) is 6.76. The molecule has 1 N–H and O–H groups in total. The highest BCUT2D eigenvalue weighted by Gasteiger charge is 2.22. The first-order chi connectivity index (χ1) is 13.9. The van der Waals surface area contributed by atoms with Crippen LogP contribution >= 0.6 is 0 Å². The fourth-order valence-electron chi connectivity index (χ4n) is 3.34. The van der Waals surface area contributed by atoms with Crippen molar-refractivity contribution in [2.24, 2.45) is 0 Å². The van der Waals surface area contributed by atoms with E-state index in [9.17, 15) is 18.0 Å². The van der Waals surface area contributed by atoms with Gasteiger partial charge in [-0.15, -0.1) is 0 Å². The van der Waals surface area contributed by atoms with Gasteiger partial charge in [-0.3, -0.25) is 4.79 Å². The van der Waals surface area contributed by atoms with E-state index in [0.29, 0.717) is 18.2 Å². The van der Waals surface area contributed by atoms with Crippen molar-refractivity contribution in [1.29, 1.82) is 0 Å². The van der Waals surface area contributed by atoms with Gasteiger partial charge in [0.05, 0.1) is 5.69 Å². The zero-order valence-electron chi connectivity index (χ0n) is 15.5. The standard InChI is InChI=1S/C21H17F3N4O/c1-12-11-16(20(29)26-15-9-8-14(22)18(23)19(15)24)27-21(25-12)28-10-4-6-13-5-2-3-7-17(13)28/h2-3,5,7-9,11H,4,6,10H2,1H3,(H,26,29). The normalized spacial score (nSPS) is 13.2. The predicted molar refractivity (Wildman–Crippen MR) is 103 cm³/mol. The molecule has 0 aliphatic carbocycles. The van der Waals surface area contributed by atoms with E-state index in [1.165, 1.54) is 11.6 Å². The fraction of sp³-hybridized carbons (Fsp3) is 0.190. The maximum Gasteiger partial charge on any atom is 0.274 e. The molecule has 0 saturated heterocycles. The molecule has 0 bridgehead atoms. The summed E-state index contributed by atoms with van der Waals surface area (Å²) in [6, 6.07) is 11.1. The van der Waals surface area contributed by atoms with Crippen LogP contribution in [0.4, 0.5) is 30.5 Å². The van der Waals surface area contributed by atoms with Gasteiger partial charge in [0.1, 0.15) is 5.69 Å². The van der Waals surface area contributed by atoms with Crippen LogP contribution in [0.2, 0.25) is 0 Å². The molecule has 148 valence electrons. The number of hydrogen-bond acceptors (Lipinski definition) is 4. The van der Waals surface area contributed by atoms with Crippen molar-refractivity contribution >= 4 is 23.2 Å². The van der Waals surface area contributed by atoms with Crippen molar-refractivity contribution in [3.05, 3.63) is 76.9 Å². The van der Waals surface area contributed by atoms with Gasteiger partial charge in [0.15, 0.2) is 17.5 Å². The minimum Gasteiger partial charge on any atom is -0.318 e. The highest BCUT2D eigenvalue weighted by molar-refractivity contribution is 6.03. The Bertz CT molecular complexity index is 1100. The summed E-state index contributed by atoms with van der Waals surface area (Å²) < 4.78 is 40.4. The van der Waals surface area contributed by atoms with Gasteiger partial charge in [-0.25, -0.2) is 23.1 Å². The van der Waals surface area contributed by atoms with E-state index in [1.807, 2.05) is 29.2 Å². The Morgan fingerprint density at radius 2 is 1.86 bits per heavy atom. The molecule has 0 saturated carbocycles. The highest BCUT2D eigenvalue weighted by Crippen LogP contribution is 2.31. The lowest BCUT2D eigenvalue weighted by atomic mass is 10.0. The predicted octanol–water partition coefficient (Wildman–Crippen LogP) is 4.54. The molecule has 2 heterocycles. The van der Waals surface area contributed by atoms with Crippen LogP contribution in [0, 0.1) is 24.4 Å². The third kappa shape index (κ3) is 3.65.